The van der Waals surface area contributed by atoms with Crippen molar-refractivity contribution in [1.29, 1.82) is 0 Å². The predicted octanol–water partition coefficient (Wildman–Crippen LogP) is 5.14. The minimum Gasteiger partial charge on any atom is -0.444 e. The van der Waals surface area contributed by atoms with E-state index in [1.54, 1.807) is 18.1 Å². The van der Waals surface area contributed by atoms with Gasteiger partial charge in [-0.15, -0.1) is 0 Å². The van der Waals surface area contributed by atoms with Gasteiger partial charge in [-0.05, 0) is 94.9 Å². The Labute approximate surface area is 294 Å². The molecule has 264 valence electrons. The van der Waals surface area contributed by atoms with Crippen molar-refractivity contribution in [2.45, 2.75) is 77.5 Å². The molecule has 0 radical (unpaired) electrons. The number of pyridine rings is 1. The second-order valence-electron chi connectivity index (χ2n) is 15.5. The monoisotopic (exact) mass is 680 g/mol. The Kier molecular flexibility index (Phi) is 9.47. The molecule has 0 bridgehead atoms. The van der Waals surface area contributed by atoms with Crippen LogP contribution in [0.4, 0.5) is 16.3 Å². The maximum absolute atomic E-state index is 14.4. The molecule has 4 amide bonds. The summed E-state index contributed by atoms with van der Waals surface area (Å²) in [5.41, 5.74) is 3.19. The lowest BCUT2D eigenvalue weighted by Crippen LogP contribution is -2.49. The molecule has 11 nitrogen and oxygen atoms in total. The molecule has 2 aliphatic heterocycles. The van der Waals surface area contributed by atoms with Gasteiger partial charge in [-0.3, -0.25) is 14.4 Å². The highest BCUT2D eigenvalue weighted by atomic mass is 16.6. The topological polar surface area (TPSA) is 124 Å². The Morgan fingerprint density at radius 2 is 1.58 bits per heavy atom. The highest BCUT2D eigenvalue weighted by Gasteiger charge is 2.51. The van der Waals surface area contributed by atoms with Crippen molar-refractivity contribution in [2.75, 3.05) is 44.4 Å². The normalized spacial score (nSPS) is 17.4. The molecule has 1 fully saturated rings. The van der Waals surface area contributed by atoms with Crippen LogP contribution in [0.2, 0.25) is 0 Å². The lowest BCUT2D eigenvalue weighted by molar-refractivity contribution is -0.146. The summed E-state index contributed by atoms with van der Waals surface area (Å²) in [5.74, 6) is -0.0128. The van der Waals surface area contributed by atoms with Crippen LogP contribution in [-0.2, 0) is 50.5 Å². The summed E-state index contributed by atoms with van der Waals surface area (Å²) in [7, 11) is 3.73. The molecule has 0 saturated carbocycles. The first-order valence-electron chi connectivity index (χ1n) is 17.3. The third-order valence-electron chi connectivity index (χ3n) is 10.3. The molecule has 2 N–H and O–H groups in total. The standard InChI is InChI=1S/C39H48N6O5/c1-37(2,3)50-36(49)44(6)23-28-13-9-10-14-29(28)24-45(35(48)38(4)15-17-43(5)18-16-38)25-32(46)41-30-19-31-33(40-22-30)42-34(47)39(31)20-26-11-7-8-12-27(26)21-39/h7-14,19,22H,15-18,20-21,23-25H2,1-6H3,(H,41,46)(H,40,42,47). The first-order valence-corrected chi connectivity index (χ1v) is 17.3. The maximum Gasteiger partial charge on any atom is 0.410 e. The Morgan fingerprint density at radius 3 is 2.20 bits per heavy atom. The molecule has 0 atom stereocenters. The summed E-state index contributed by atoms with van der Waals surface area (Å²) in [6.07, 6.45) is 3.61. The molecule has 1 spiro atoms. The molecule has 1 aromatic heterocycles. The number of likely N-dealkylation sites (tertiary alicyclic amines) is 1. The highest BCUT2D eigenvalue weighted by molar-refractivity contribution is 6.07. The summed E-state index contributed by atoms with van der Waals surface area (Å²) >= 11 is 0. The predicted molar refractivity (Wildman–Crippen MR) is 191 cm³/mol. The van der Waals surface area contributed by atoms with Gasteiger partial charge in [0.05, 0.1) is 17.3 Å². The molecule has 2 aromatic carbocycles. The number of nitrogens with one attached hydrogen (secondary N) is 2. The van der Waals surface area contributed by atoms with Crippen LogP contribution in [-0.4, -0.2) is 82.8 Å². The number of hydrogen-bond acceptors (Lipinski definition) is 7. The molecule has 50 heavy (non-hydrogen) atoms. The van der Waals surface area contributed by atoms with E-state index in [1.807, 2.05) is 70.2 Å². The molecular weight excluding hydrogens is 632 g/mol. The zero-order valence-electron chi connectivity index (χ0n) is 30.0. The van der Waals surface area contributed by atoms with E-state index in [1.165, 1.54) is 4.90 Å². The van der Waals surface area contributed by atoms with Crippen molar-refractivity contribution in [3.8, 4) is 0 Å². The lowest BCUT2D eigenvalue weighted by Gasteiger charge is -2.40. The number of piperidine rings is 1. The quantitative estimate of drug-likeness (QED) is 0.338. The van der Waals surface area contributed by atoms with Crippen LogP contribution in [0.1, 0.15) is 68.4 Å². The number of carbonyl (C=O) groups excluding carboxylic acids is 4. The van der Waals surface area contributed by atoms with E-state index in [-0.39, 0.29) is 37.4 Å². The minimum absolute atomic E-state index is 0.0828. The maximum atomic E-state index is 14.4. The van der Waals surface area contributed by atoms with Crippen molar-refractivity contribution in [2.24, 2.45) is 5.41 Å². The SMILES string of the molecule is CN1CCC(C)(C(=O)N(CC(=O)Nc2cnc3c(c2)C2(Cc4ccccc4C2)C(=O)N3)Cc2ccccc2CN(C)C(=O)OC(C)(C)C)CC1. The summed E-state index contributed by atoms with van der Waals surface area (Å²) < 4.78 is 5.56. The first kappa shape index (κ1) is 35.1. The third-order valence-corrected chi connectivity index (χ3v) is 10.3. The van der Waals surface area contributed by atoms with Crippen LogP contribution < -0.4 is 10.6 Å². The number of ether oxygens (including phenoxy) is 1. The largest absolute Gasteiger partial charge is 0.444 e. The number of rotatable bonds is 8. The number of carbonyl (C=O) groups is 4. The minimum atomic E-state index is -0.770. The zero-order valence-corrected chi connectivity index (χ0v) is 30.0. The van der Waals surface area contributed by atoms with Crippen molar-refractivity contribution in [3.05, 3.63) is 88.6 Å². The summed E-state index contributed by atoms with van der Waals surface area (Å²) in [6, 6.07) is 17.6. The van der Waals surface area contributed by atoms with Crippen LogP contribution >= 0.6 is 0 Å². The average Bonchev–Trinajstić information content (AvgIpc) is 3.58. The Bertz CT molecular complexity index is 1780. The van der Waals surface area contributed by atoms with Crippen LogP contribution in [0.3, 0.4) is 0 Å². The Balaban J connectivity index is 1.23. The van der Waals surface area contributed by atoms with E-state index in [2.05, 4.69) is 39.7 Å². The molecular formula is C39H48N6O5. The number of aromatic nitrogens is 1. The van der Waals surface area contributed by atoms with Gasteiger partial charge < -0.3 is 30.1 Å². The van der Waals surface area contributed by atoms with E-state index >= 15 is 0 Å². The van der Waals surface area contributed by atoms with Crippen LogP contribution in [0.5, 0.6) is 0 Å². The molecule has 0 unspecified atom stereocenters. The van der Waals surface area contributed by atoms with E-state index in [0.29, 0.717) is 37.2 Å². The molecule has 3 aromatic rings. The van der Waals surface area contributed by atoms with Gasteiger partial charge in [-0.25, -0.2) is 9.78 Å². The van der Waals surface area contributed by atoms with Gasteiger partial charge in [0.1, 0.15) is 18.0 Å². The first-order chi connectivity index (χ1) is 23.7. The fourth-order valence-electron chi connectivity index (χ4n) is 7.33. The Hall–Kier alpha value is -4.77. The van der Waals surface area contributed by atoms with Gasteiger partial charge in [0, 0.05) is 31.1 Å². The second-order valence-corrected chi connectivity index (χ2v) is 15.5. The zero-order chi connectivity index (χ0) is 35.8. The van der Waals surface area contributed by atoms with Gasteiger partial charge in [0.25, 0.3) is 0 Å². The van der Waals surface area contributed by atoms with Crippen molar-refractivity contribution < 1.29 is 23.9 Å². The molecule has 3 aliphatic rings. The smallest absolute Gasteiger partial charge is 0.410 e. The van der Waals surface area contributed by atoms with E-state index < -0.39 is 22.5 Å². The van der Waals surface area contributed by atoms with Crippen molar-refractivity contribution >= 4 is 35.3 Å². The van der Waals surface area contributed by atoms with Crippen molar-refractivity contribution in [3.63, 3.8) is 0 Å². The highest BCUT2D eigenvalue weighted by Crippen LogP contribution is 2.47. The fraction of sp³-hybridized carbons (Fsp3) is 0.462. The third kappa shape index (κ3) is 7.23. The van der Waals surface area contributed by atoms with Crippen molar-refractivity contribution in [1.82, 2.24) is 19.7 Å². The van der Waals surface area contributed by atoms with Gasteiger partial charge in [0.2, 0.25) is 17.7 Å². The van der Waals surface area contributed by atoms with Crippen LogP contribution in [0, 0.1) is 5.41 Å². The number of amides is 4. The van der Waals surface area contributed by atoms with Crippen LogP contribution in [0.15, 0.2) is 60.8 Å². The van der Waals surface area contributed by atoms with Gasteiger partial charge in [0.15, 0.2) is 0 Å². The summed E-state index contributed by atoms with van der Waals surface area (Å²) in [5, 5.41) is 5.93. The number of fused-ring (bicyclic) bond motifs is 3. The summed E-state index contributed by atoms with van der Waals surface area (Å²) in [4.78, 5) is 64.2. The molecule has 3 heterocycles. The van der Waals surface area contributed by atoms with E-state index in [9.17, 15) is 19.2 Å². The van der Waals surface area contributed by atoms with Gasteiger partial charge in [-0.1, -0.05) is 55.5 Å². The van der Waals surface area contributed by atoms with E-state index in [0.717, 1.165) is 40.9 Å². The molecule has 1 aliphatic carbocycles. The molecule has 11 heteroatoms. The molecule has 6 rings (SSSR count). The fourth-order valence-corrected chi connectivity index (χ4v) is 7.33. The summed E-state index contributed by atoms with van der Waals surface area (Å²) in [6.45, 7) is 9.34. The average molecular weight is 681 g/mol. The Morgan fingerprint density at radius 1 is 0.980 bits per heavy atom. The van der Waals surface area contributed by atoms with Gasteiger partial charge in [-0.2, -0.15) is 0 Å². The number of hydrogen-bond donors (Lipinski definition) is 2. The van der Waals surface area contributed by atoms with Gasteiger partial charge >= 0.3 is 6.09 Å². The lowest BCUT2D eigenvalue weighted by atomic mass is 9.79. The van der Waals surface area contributed by atoms with E-state index in [4.69, 9.17) is 4.74 Å². The number of anilines is 2. The molecule has 1 saturated heterocycles. The van der Waals surface area contributed by atoms with Crippen LogP contribution in [0.25, 0.3) is 0 Å². The second kappa shape index (κ2) is 13.5. The number of benzene rings is 2. The number of nitrogens with zero attached hydrogens (tertiary/aromatic N) is 4.